The maximum Gasteiger partial charge on any atom is 0.335 e. The minimum absolute atomic E-state index is 0.0178. The minimum Gasteiger partial charge on any atom is -0.507 e. The number of para-hydroxylation sites is 1. The van der Waals surface area contributed by atoms with Crippen LogP contribution in [0.4, 0.5) is 0 Å². The molecule has 0 saturated carbocycles. The minimum atomic E-state index is -1.06. The van der Waals surface area contributed by atoms with Crippen LogP contribution in [0.15, 0.2) is 72.3 Å². The molecule has 1 unspecified atom stereocenters. The Morgan fingerprint density at radius 1 is 0.974 bits per heavy atom. The van der Waals surface area contributed by atoms with E-state index in [1.54, 1.807) is 36.4 Å². The van der Waals surface area contributed by atoms with Crippen LogP contribution < -0.4 is 4.74 Å². The largest absolute Gasteiger partial charge is 0.507 e. The van der Waals surface area contributed by atoms with Crippen molar-refractivity contribution in [2.75, 3.05) is 7.11 Å². The Morgan fingerprint density at radius 3 is 2.24 bits per heavy atom. The zero-order chi connectivity index (χ0) is 27.8. The molecule has 1 amide bonds. The molecule has 1 atom stereocenters. The lowest BCUT2D eigenvalue weighted by atomic mass is 9.84. The fourth-order valence-corrected chi connectivity index (χ4v) is 4.70. The molecule has 0 bridgehead atoms. The number of aliphatic hydroxyl groups excluding tert-OH is 1. The number of ether oxygens (including phenoxy) is 1. The molecular formula is C31H31NO6. The van der Waals surface area contributed by atoms with E-state index in [2.05, 4.69) is 20.8 Å². The highest BCUT2D eigenvalue weighted by Gasteiger charge is 2.47. The predicted octanol–water partition coefficient (Wildman–Crippen LogP) is 5.62. The number of hydrogen-bond acceptors (Lipinski definition) is 5. The number of carboxylic acid groups (broad SMARTS) is 1. The normalized spacial score (nSPS) is 17.1. The molecule has 0 aromatic heterocycles. The Bertz CT molecular complexity index is 1450. The van der Waals surface area contributed by atoms with Crippen molar-refractivity contribution in [2.24, 2.45) is 0 Å². The molecule has 196 valence electrons. The number of ketones is 1. The maximum absolute atomic E-state index is 13.5. The summed E-state index contributed by atoms with van der Waals surface area (Å²) in [4.78, 5) is 39.6. The summed E-state index contributed by atoms with van der Waals surface area (Å²) in [5.74, 6) is -2.38. The number of rotatable bonds is 6. The van der Waals surface area contributed by atoms with Crippen molar-refractivity contribution < 1.29 is 29.3 Å². The van der Waals surface area contributed by atoms with Crippen LogP contribution >= 0.6 is 0 Å². The molecule has 3 aromatic carbocycles. The summed E-state index contributed by atoms with van der Waals surface area (Å²) in [7, 11) is 1.51. The molecule has 1 aliphatic heterocycles. The highest BCUT2D eigenvalue weighted by molar-refractivity contribution is 6.46. The number of Topliss-reactive ketones (excluding diaryl/α,β-unsaturated/α-hetero) is 1. The lowest BCUT2D eigenvalue weighted by Crippen LogP contribution is -2.29. The summed E-state index contributed by atoms with van der Waals surface area (Å²) in [6.45, 7) is 8.06. The number of nitrogens with zero attached hydrogens (tertiary/aromatic N) is 1. The van der Waals surface area contributed by atoms with Crippen molar-refractivity contribution in [2.45, 2.75) is 45.7 Å². The van der Waals surface area contributed by atoms with Gasteiger partial charge >= 0.3 is 5.97 Å². The number of aryl methyl sites for hydroxylation is 1. The van der Waals surface area contributed by atoms with Crippen LogP contribution in [-0.4, -0.2) is 39.9 Å². The van der Waals surface area contributed by atoms with E-state index in [9.17, 15) is 24.6 Å². The third kappa shape index (κ3) is 4.92. The number of benzene rings is 3. The molecule has 1 fully saturated rings. The standard InChI is InChI=1S/C31H31NO6/c1-18-10-15-21(31(2,3)4)16-23(18)27(33)25-26(22-8-6-7-9-24(22)38-5)32(29(35)28(25)34)17-19-11-13-20(14-12-19)30(36)37/h6-16,26,33H,17H2,1-5H3,(H,36,37)/b27-25+. The Kier molecular flexibility index (Phi) is 7.14. The monoisotopic (exact) mass is 513 g/mol. The molecule has 1 saturated heterocycles. The van der Waals surface area contributed by atoms with Gasteiger partial charge in [0.1, 0.15) is 11.5 Å². The zero-order valence-electron chi connectivity index (χ0n) is 22.1. The lowest BCUT2D eigenvalue weighted by Gasteiger charge is -2.27. The highest BCUT2D eigenvalue weighted by atomic mass is 16.5. The number of aromatic carboxylic acids is 1. The molecule has 1 heterocycles. The molecule has 2 N–H and O–H groups in total. The van der Waals surface area contributed by atoms with Gasteiger partial charge in [-0.1, -0.05) is 63.2 Å². The molecule has 3 aromatic rings. The van der Waals surface area contributed by atoms with Crippen LogP contribution in [-0.2, 0) is 21.5 Å². The number of likely N-dealkylation sites (tertiary alicyclic amines) is 1. The van der Waals surface area contributed by atoms with E-state index in [4.69, 9.17) is 4.74 Å². The second-order valence-corrected chi connectivity index (χ2v) is 10.5. The van der Waals surface area contributed by atoms with Crippen LogP contribution in [0.25, 0.3) is 5.76 Å². The first-order valence-electron chi connectivity index (χ1n) is 12.3. The molecule has 7 nitrogen and oxygen atoms in total. The lowest BCUT2D eigenvalue weighted by molar-refractivity contribution is -0.140. The summed E-state index contributed by atoms with van der Waals surface area (Å²) < 4.78 is 5.57. The molecule has 0 aliphatic carbocycles. The highest BCUT2D eigenvalue weighted by Crippen LogP contribution is 2.44. The van der Waals surface area contributed by atoms with Crippen molar-refractivity contribution in [3.8, 4) is 5.75 Å². The molecule has 4 rings (SSSR count). The molecule has 0 spiro atoms. The van der Waals surface area contributed by atoms with Gasteiger partial charge in [-0.25, -0.2) is 4.79 Å². The third-order valence-corrected chi connectivity index (χ3v) is 6.89. The van der Waals surface area contributed by atoms with Gasteiger partial charge in [-0.3, -0.25) is 9.59 Å². The number of carbonyl (C=O) groups is 3. The summed E-state index contributed by atoms with van der Waals surface area (Å²) in [6.07, 6.45) is 0. The number of methoxy groups -OCH3 is 1. The summed E-state index contributed by atoms with van der Waals surface area (Å²) in [6, 6.07) is 18.0. The van der Waals surface area contributed by atoms with Crippen molar-refractivity contribution in [3.05, 3.63) is 106 Å². The Balaban J connectivity index is 1.91. The van der Waals surface area contributed by atoms with Gasteiger partial charge in [-0.05, 0) is 53.3 Å². The first-order chi connectivity index (χ1) is 17.9. The summed E-state index contributed by atoms with van der Waals surface area (Å²) >= 11 is 0. The Hall–Kier alpha value is -4.39. The predicted molar refractivity (Wildman–Crippen MR) is 144 cm³/mol. The number of carbonyl (C=O) groups excluding carboxylic acids is 2. The summed E-state index contributed by atoms with van der Waals surface area (Å²) in [5, 5.41) is 20.9. The van der Waals surface area contributed by atoms with E-state index in [0.717, 1.165) is 11.1 Å². The number of aliphatic hydroxyl groups is 1. The van der Waals surface area contributed by atoms with Crippen LogP contribution in [0.2, 0.25) is 0 Å². The second kappa shape index (κ2) is 10.2. The number of carboxylic acids is 1. The van der Waals surface area contributed by atoms with Gasteiger partial charge in [0.15, 0.2) is 0 Å². The number of hydrogen-bond donors (Lipinski definition) is 2. The van der Waals surface area contributed by atoms with Crippen molar-refractivity contribution >= 4 is 23.4 Å². The van der Waals surface area contributed by atoms with E-state index in [0.29, 0.717) is 22.4 Å². The fourth-order valence-electron chi connectivity index (χ4n) is 4.70. The van der Waals surface area contributed by atoms with Crippen molar-refractivity contribution in [1.82, 2.24) is 4.90 Å². The summed E-state index contributed by atoms with van der Waals surface area (Å²) in [5.41, 5.74) is 3.34. The molecule has 0 radical (unpaired) electrons. The van der Waals surface area contributed by atoms with Crippen LogP contribution in [0.3, 0.4) is 0 Å². The van der Waals surface area contributed by atoms with Gasteiger partial charge in [-0.2, -0.15) is 0 Å². The van der Waals surface area contributed by atoms with Gasteiger partial charge in [0.25, 0.3) is 11.7 Å². The Morgan fingerprint density at radius 2 is 1.63 bits per heavy atom. The Labute approximate surface area is 222 Å². The van der Waals surface area contributed by atoms with Crippen LogP contribution in [0.5, 0.6) is 5.75 Å². The van der Waals surface area contributed by atoms with E-state index in [1.165, 1.54) is 24.1 Å². The average molecular weight is 514 g/mol. The molecule has 7 heteroatoms. The molecule has 1 aliphatic rings. The van der Waals surface area contributed by atoms with Crippen molar-refractivity contribution in [3.63, 3.8) is 0 Å². The van der Waals surface area contributed by atoms with Gasteiger partial charge in [0.05, 0.1) is 24.3 Å². The molecular weight excluding hydrogens is 482 g/mol. The fraction of sp³-hybridized carbons (Fsp3) is 0.258. The maximum atomic E-state index is 13.5. The zero-order valence-corrected chi connectivity index (χ0v) is 22.1. The topological polar surface area (TPSA) is 104 Å². The number of amides is 1. The van der Waals surface area contributed by atoms with Gasteiger partial charge in [-0.15, -0.1) is 0 Å². The first kappa shape index (κ1) is 26.7. The van der Waals surface area contributed by atoms with Crippen LogP contribution in [0, 0.1) is 6.92 Å². The quantitative estimate of drug-likeness (QED) is 0.252. The third-order valence-electron chi connectivity index (χ3n) is 6.89. The van der Waals surface area contributed by atoms with Crippen LogP contribution in [0.1, 0.15) is 65.0 Å². The van der Waals surface area contributed by atoms with Gasteiger partial charge < -0.3 is 19.8 Å². The smallest absolute Gasteiger partial charge is 0.335 e. The van der Waals surface area contributed by atoms with Crippen molar-refractivity contribution in [1.29, 1.82) is 0 Å². The van der Waals surface area contributed by atoms with E-state index >= 15 is 0 Å². The van der Waals surface area contributed by atoms with Gasteiger partial charge in [0.2, 0.25) is 0 Å². The van der Waals surface area contributed by atoms with E-state index in [-0.39, 0.29) is 28.9 Å². The van der Waals surface area contributed by atoms with E-state index < -0.39 is 23.7 Å². The first-order valence-corrected chi connectivity index (χ1v) is 12.3. The second-order valence-electron chi connectivity index (χ2n) is 10.5. The van der Waals surface area contributed by atoms with E-state index in [1.807, 2.05) is 25.1 Å². The van der Waals surface area contributed by atoms with Gasteiger partial charge in [0, 0.05) is 17.7 Å². The SMILES string of the molecule is COc1ccccc1C1/C(=C(\O)c2cc(C(C)(C)C)ccc2C)C(=O)C(=O)N1Cc1ccc(C(=O)O)cc1. The molecule has 38 heavy (non-hydrogen) atoms. The average Bonchev–Trinajstić information content (AvgIpc) is 3.13.